The first-order valence-corrected chi connectivity index (χ1v) is 4.62. The summed E-state index contributed by atoms with van der Waals surface area (Å²) in [5, 5.41) is 9.09. The molecule has 12 heavy (non-hydrogen) atoms. The molecule has 1 aromatic rings. The van der Waals surface area contributed by atoms with Crippen LogP contribution in [0.3, 0.4) is 0 Å². The Morgan fingerprint density at radius 3 is 2.33 bits per heavy atom. The molecular weight excluding hydrogens is 180 g/mol. The molecule has 0 radical (unpaired) electrons. The first-order chi connectivity index (χ1) is 5.41. The Labute approximate surface area is 70.2 Å². The van der Waals surface area contributed by atoms with E-state index in [0.29, 0.717) is 0 Å². The highest BCUT2D eigenvalue weighted by Gasteiger charge is 2.14. The van der Waals surface area contributed by atoms with Gasteiger partial charge in [-0.25, -0.2) is 0 Å². The zero-order valence-corrected chi connectivity index (χ0v) is 7.17. The van der Waals surface area contributed by atoms with E-state index in [1.807, 2.05) is 0 Å². The number of rotatable bonds is 1. The Bertz CT molecular complexity index is 394. The molecule has 5 heteroatoms. The van der Waals surface area contributed by atoms with Crippen LogP contribution >= 0.6 is 0 Å². The lowest BCUT2D eigenvalue weighted by Crippen LogP contribution is -1.98. The number of aryl methyl sites for hydroxylation is 1. The summed E-state index contributed by atoms with van der Waals surface area (Å²) in [6.45, 7) is 1.70. The van der Waals surface area contributed by atoms with Gasteiger partial charge in [-0.3, -0.25) is 4.55 Å². The molecule has 0 amide bonds. The summed E-state index contributed by atoms with van der Waals surface area (Å²) < 4.78 is 29.7. The van der Waals surface area contributed by atoms with Crippen LogP contribution < -0.4 is 0 Å². The van der Waals surface area contributed by atoms with Gasteiger partial charge in [-0.05, 0) is 24.6 Å². The van der Waals surface area contributed by atoms with Crippen LogP contribution in [0, 0.1) is 6.92 Å². The SMILES string of the molecule is Cc1ccc(S(=O)(=O)O)c(O)c1. The van der Waals surface area contributed by atoms with Crippen LogP contribution in [0.4, 0.5) is 0 Å². The van der Waals surface area contributed by atoms with Gasteiger partial charge >= 0.3 is 0 Å². The summed E-state index contributed by atoms with van der Waals surface area (Å²) in [5.41, 5.74) is 0.722. The number of hydrogen-bond donors (Lipinski definition) is 2. The molecule has 0 heterocycles. The smallest absolute Gasteiger partial charge is 0.298 e. The highest BCUT2D eigenvalue weighted by Crippen LogP contribution is 2.22. The highest BCUT2D eigenvalue weighted by atomic mass is 32.2. The van der Waals surface area contributed by atoms with E-state index in [4.69, 9.17) is 9.66 Å². The Morgan fingerprint density at radius 2 is 1.92 bits per heavy atom. The summed E-state index contributed by atoms with van der Waals surface area (Å²) >= 11 is 0. The van der Waals surface area contributed by atoms with E-state index < -0.39 is 20.8 Å². The van der Waals surface area contributed by atoms with Gasteiger partial charge in [0.15, 0.2) is 0 Å². The van der Waals surface area contributed by atoms with E-state index in [1.165, 1.54) is 12.1 Å². The van der Waals surface area contributed by atoms with Crippen LogP contribution in [-0.2, 0) is 10.1 Å². The van der Waals surface area contributed by atoms with E-state index in [2.05, 4.69) is 0 Å². The van der Waals surface area contributed by atoms with Gasteiger partial charge in [0.25, 0.3) is 10.1 Å². The van der Waals surface area contributed by atoms with Crippen molar-refractivity contribution in [2.24, 2.45) is 0 Å². The fourth-order valence-electron chi connectivity index (χ4n) is 0.846. The molecule has 0 aliphatic rings. The molecular formula is C7H8O4S. The van der Waals surface area contributed by atoms with Crippen LogP contribution in [0.25, 0.3) is 0 Å². The molecule has 0 saturated carbocycles. The Balaban J connectivity index is 3.39. The van der Waals surface area contributed by atoms with Crippen LogP contribution in [0.5, 0.6) is 5.75 Å². The molecule has 1 aromatic carbocycles. The van der Waals surface area contributed by atoms with Gasteiger partial charge in [-0.2, -0.15) is 8.42 Å². The third-order valence-electron chi connectivity index (χ3n) is 1.39. The topological polar surface area (TPSA) is 74.6 Å². The van der Waals surface area contributed by atoms with E-state index in [9.17, 15) is 8.42 Å². The number of aromatic hydroxyl groups is 1. The molecule has 0 saturated heterocycles. The molecule has 2 N–H and O–H groups in total. The van der Waals surface area contributed by atoms with Crippen molar-refractivity contribution in [1.82, 2.24) is 0 Å². The fourth-order valence-corrected chi connectivity index (χ4v) is 1.41. The second-order valence-electron chi connectivity index (χ2n) is 2.45. The van der Waals surface area contributed by atoms with Crippen LogP contribution in [0.15, 0.2) is 23.1 Å². The molecule has 0 spiro atoms. The first-order valence-electron chi connectivity index (χ1n) is 3.18. The lowest BCUT2D eigenvalue weighted by atomic mass is 10.2. The standard InChI is InChI=1S/C7H8O4S/c1-5-2-3-7(6(8)4-5)12(9,10)11/h2-4,8H,1H3,(H,9,10,11). The number of benzene rings is 1. The predicted molar refractivity (Wildman–Crippen MR) is 42.7 cm³/mol. The molecule has 0 bridgehead atoms. The van der Waals surface area contributed by atoms with E-state index in [0.717, 1.165) is 11.6 Å². The van der Waals surface area contributed by atoms with Crippen molar-refractivity contribution < 1.29 is 18.1 Å². The quantitative estimate of drug-likeness (QED) is 0.643. The monoisotopic (exact) mass is 188 g/mol. The zero-order chi connectivity index (χ0) is 9.35. The predicted octanol–water partition coefficient (Wildman–Crippen LogP) is 0.947. The zero-order valence-electron chi connectivity index (χ0n) is 6.35. The average molecular weight is 188 g/mol. The summed E-state index contributed by atoms with van der Waals surface area (Å²) in [5.74, 6) is -0.433. The molecule has 0 fully saturated rings. The molecule has 4 nitrogen and oxygen atoms in total. The van der Waals surface area contributed by atoms with E-state index in [1.54, 1.807) is 6.92 Å². The normalized spacial score (nSPS) is 11.5. The summed E-state index contributed by atoms with van der Waals surface area (Å²) in [6.07, 6.45) is 0. The van der Waals surface area contributed by atoms with E-state index >= 15 is 0 Å². The van der Waals surface area contributed by atoms with Gasteiger partial charge in [0.1, 0.15) is 10.6 Å². The third kappa shape index (κ3) is 1.75. The van der Waals surface area contributed by atoms with Gasteiger partial charge in [0.05, 0.1) is 0 Å². The van der Waals surface area contributed by atoms with Crippen molar-refractivity contribution >= 4 is 10.1 Å². The van der Waals surface area contributed by atoms with Crippen LogP contribution in [-0.4, -0.2) is 18.1 Å². The maximum Gasteiger partial charge on any atom is 0.298 e. The molecule has 0 aromatic heterocycles. The van der Waals surface area contributed by atoms with Gasteiger partial charge in [-0.15, -0.1) is 0 Å². The van der Waals surface area contributed by atoms with Gasteiger partial charge < -0.3 is 5.11 Å². The summed E-state index contributed by atoms with van der Waals surface area (Å²) in [7, 11) is -4.30. The number of hydrogen-bond acceptors (Lipinski definition) is 3. The minimum atomic E-state index is -4.30. The summed E-state index contributed by atoms with van der Waals surface area (Å²) in [6, 6.07) is 3.91. The van der Waals surface area contributed by atoms with Crippen molar-refractivity contribution in [1.29, 1.82) is 0 Å². The highest BCUT2D eigenvalue weighted by molar-refractivity contribution is 7.86. The van der Waals surface area contributed by atoms with Crippen molar-refractivity contribution in [2.45, 2.75) is 11.8 Å². The minimum Gasteiger partial charge on any atom is -0.506 e. The second kappa shape index (κ2) is 2.76. The first kappa shape index (κ1) is 9.02. The molecule has 0 atom stereocenters. The van der Waals surface area contributed by atoms with Crippen molar-refractivity contribution in [3.05, 3.63) is 23.8 Å². The largest absolute Gasteiger partial charge is 0.506 e. The van der Waals surface area contributed by atoms with Gasteiger partial charge in [0, 0.05) is 0 Å². The molecule has 0 aliphatic heterocycles. The Morgan fingerprint density at radius 1 is 1.33 bits per heavy atom. The Kier molecular flexibility index (Phi) is 2.08. The van der Waals surface area contributed by atoms with Crippen LogP contribution in [0.1, 0.15) is 5.56 Å². The Hall–Kier alpha value is -1.07. The second-order valence-corrected chi connectivity index (χ2v) is 3.84. The van der Waals surface area contributed by atoms with Crippen molar-refractivity contribution in [2.75, 3.05) is 0 Å². The van der Waals surface area contributed by atoms with Crippen molar-refractivity contribution in [3.63, 3.8) is 0 Å². The minimum absolute atomic E-state index is 0.433. The van der Waals surface area contributed by atoms with E-state index in [-0.39, 0.29) is 0 Å². The third-order valence-corrected chi connectivity index (χ3v) is 2.29. The lowest BCUT2D eigenvalue weighted by Gasteiger charge is -2.00. The van der Waals surface area contributed by atoms with Gasteiger partial charge in [0.2, 0.25) is 0 Å². The molecule has 0 unspecified atom stereocenters. The molecule has 0 aliphatic carbocycles. The lowest BCUT2D eigenvalue weighted by molar-refractivity contribution is 0.443. The maximum atomic E-state index is 10.6. The number of phenolic OH excluding ortho intramolecular Hbond substituents is 1. The van der Waals surface area contributed by atoms with Gasteiger partial charge in [-0.1, -0.05) is 6.07 Å². The summed E-state index contributed by atoms with van der Waals surface area (Å²) in [4.78, 5) is -0.465. The molecule has 66 valence electrons. The number of phenols is 1. The maximum absolute atomic E-state index is 10.6. The van der Waals surface area contributed by atoms with Crippen LogP contribution in [0.2, 0.25) is 0 Å². The molecule has 1 rings (SSSR count). The average Bonchev–Trinajstić information content (AvgIpc) is 1.83. The van der Waals surface area contributed by atoms with Crippen molar-refractivity contribution in [3.8, 4) is 5.75 Å². The fraction of sp³-hybridized carbons (Fsp3) is 0.143.